The molecule has 2 amide bonds. The zero-order valence-corrected chi connectivity index (χ0v) is 13.9. The molecular formula is C18H26FN3O. The summed E-state index contributed by atoms with van der Waals surface area (Å²) in [4.78, 5) is 14.8. The molecule has 0 aliphatic carbocycles. The third kappa shape index (κ3) is 3.83. The second-order valence-electron chi connectivity index (χ2n) is 7.05. The van der Waals surface area contributed by atoms with E-state index in [2.05, 4.69) is 29.4 Å². The Morgan fingerprint density at radius 1 is 1.17 bits per heavy atom. The van der Waals surface area contributed by atoms with Gasteiger partial charge in [0.1, 0.15) is 5.82 Å². The van der Waals surface area contributed by atoms with E-state index in [1.807, 2.05) is 0 Å². The Morgan fingerprint density at radius 3 is 2.35 bits per heavy atom. The number of urea groups is 1. The molecule has 4 nitrogen and oxygen atoms in total. The van der Waals surface area contributed by atoms with Crippen LogP contribution in [0.4, 0.5) is 14.9 Å². The van der Waals surface area contributed by atoms with Gasteiger partial charge in [-0.2, -0.15) is 0 Å². The molecule has 0 saturated carbocycles. The van der Waals surface area contributed by atoms with Gasteiger partial charge in [0.2, 0.25) is 0 Å². The summed E-state index contributed by atoms with van der Waals surface area (Å²) >= 11 is 0. The lowest BCUT2D eigenvalue weighted by Crippen LogP contribution is -2.59. The predicted molar refractivity (Wildman–Crippen MR) is 90.0 cm³/mol. The molecule has 2 aliphatic rings. The fraction of sp³-hybridized carbons (Fsp3) is 0.611. The van der Waals surface area contributed by atoms with Crippen LogP contribution < -0.4 is 10.6 Å². The number of hydrogen-bond acceptors (Lipinski definition) is 2. The number of nitrogens with zero attached hydrogens (tertiary/aromatic N) is 1. The number of carbonyl (C=O) groups excluding carboxylic acids is 1. The third-order valence-electron chi connectivity index (χ3n) is 5.06. The fourth-order valence-electron chi connectivity index (χ4n) is 4.26. The van der Waals surface area contributed by atoms with Gasteiger partial charge in [-0.05, 0) is 63.8 Å². The Bertz CT molecular complexity index is 532. The number of piperidine rings is 2. The minimum absolute atomic E-state index is 0.197. The Kier molecular flexibility index (Phi) is 4.85. The molecule has 0 spiro atoms. The lowest BCUT2D eigenvalue weighted by atomic mass is 9.81. The van der Waals surface area contributed by atoms with Gasteiger partial charge in [-0.1, -0.05) is 6.42 Å². The molecule has 1 aromatic rings. The van der Waals surface area contributed by atoms with Crippen LogP contribution in [0.15, 0.2) is 24.3 Å². The van der Waals surface area contributed by atoms with Gasteiger partial charge >= 0.3 is 6.03 Å². The number of amides is 2. The zero-order valence-electron chi connectivity index (χ0n) is 13.9. The molecule has 2 N–H and O–H groups in total. The van der Waals surface area contributed by atoms with Gasteiger partial charge in [0.25, 0.3) is 0 Å². The van der Waals surface area contributed by atoms with Gasteiger partial charge in [0.15, 0.2) is 0 Å². The van der Waals surface area contributed by atoms with E-state index in [0.29, 0.717) is 23.8 Å². The van der Waals surface area contributed by atoms with Crippen LogP contribution >= 0.6 is 0 Å². The van der Waals surface area contributed by atoms with Crippen LogP contribution in [0.3, 0.4) is 0 Å². The smallest absolute Gasteiger partial charge is 0.319 e. The molecule has 2 heterocycles. The van der Waals surface area contributed by atoms with E-state index in [1.165, 1.54) is 31.4 Å². The van der Waals surface area contributed by atoms with Crippen molar-refractivity contribution in [2.45, 2.75) is 70.1 Å². The van der Waals surface area contributed by atoms with E-state index in [9.17, 15) is 9.18 Å². The first-order valence-electron chi connectivity index (χ1n) is 8.63. The monoisotopic (exact) mass is 319 g/mol. The molecule has 5 heteroatoms. The number of carbonyl (C=O) groups is 1. The molecule has 23 heavy (non-hydrogen) atoms. The van der Waals surface area contributed by atoms with Crippen LogP contribution in [0.25, 0.3) is 0 Å². The van der Waals surface area contributed by atoms with E-state index < -0.39 is 0 Å². The number of benzene rings is 1. The van der Waals surface area contributed by atoms with E-state index in [4.69, 9.17) is 0 Å². The van der Waals surface area contributed by atoms with Crippen LogP contribution in [-0.4, -0.2) is 35.1 Å². The molecule has 1 aromatic carbocycles. The van der Waals surface area contributed by atoms with E-state index in [1.54, 1.807) is 12.1 Å². The van der Waals surface area contributed by atoms with Crippen molar-refractivity contribution in [1.82, 2.24) is 10.2 Å². The van der Waals surface area contributed by atoms with Crippen molar-refractivity contribution in [2.24, 2.45) is 0 Å². The standard InChI is InChI=1S/C18H26FN3O/c1-12(2)22-16-4-3-5-17(22)11-15(10-16)21-18(23)20-14-8-6-13(19)7-9-14/h6-9,12,15-17H,3-5,10-11H2,1-2H3,(H2,20,21,23). The summed E-state index contributed by atoms with van der Waals surface area (Å²) in [5.41, 5.74) is 0.615. The topological polar surface area (TPSA) is 44.4 Å². The normalized spacial score (nSPS) is 27.7. The summed E-state index contributed by atoms with van der Waals surface area (Å²) in [7, 11) is 0. The summed E-state index contributed by atoms with van der Waals surface area (Å²) in [6.45, 7) is 4.53. The molecule has 0 radical (unpaired) electrons. The van der Waals surface area contributed by atoms with Crippen LogP contribution in [0, 0.1) is 5.82 Å². The number of halogens is 1. The van der Waals surface area contributed by atoms with Crippen LogP contribution in [0.1, 0.15) is 46.0 Å². The van der Waals surface area contributed by atoms with Crippen molar-refractivity contribution >= 4 is 11.7 Å². The Morgan fingerprint density at radius 2 is 1.78 bits per heavy atom. The van der Waals surface area contributed by atoms with E-state index in [-0.39, 0.29) is 17.9 Å². The Hall–Kier alpha value is -1.62. The van der Waals surface area contributed by atoms with Crippen molar-refractivity contribution in [3.8, 4) is 0 Å². The van der Waals surface area contributed by atoms with Crippen molar-refractivity contribution in [3.63, 3.8) is 0 Å². The average molecular weight is 319 g/mol. The van der Waals surface area contributed by atoms with Gasteiger partial charge in [-0.25, -0.2) is 9.18 Å². The van der Waals surface area contributed by atoms with Crippen molar-refractivity contribution < 1.29 is 9.18 Å². The van der Waals surface area contributed by atoms with Gasteiger partial charge < -0.3 is 10.6 Å². The summed E-state index contributed by atoms with van der Waals surface area (Å²) < 4.78 is 12.9. The highest BCUT2D eigenvalue weighted by Crippen LogP contribution is 2.35. The van der Waals surface area contributed by atoms with Gasteiger partial charge in [-0.15, -0.1) is 0 Å². The summed E-state index contributed by atoms with van der Waals surface area (Å²) in [5, 5.41) is 5.89. The Balaban J connectivity index is 1.56. The lowest BCUT2D eigenvalue weighted by molar-refractivity contribution is 0.00233. The predicted octanol–water partition coefficient (Wildman–Crippen LogP) is 3.74. The minimum Gasteiger partial charge on any atom is -0.335 e. The number of anilines is 1. The fourth-order valence-corrected chi connectivity index (χ4v) is 4.26. The maximum Gasteiger partial charge on any atom is 0.319 e. The molecule has 2 bridgehead atoms. The van der Waals surface area contributed by atoms with Crippen LogP contribution in [0.5, 0.6) is 0 Å². The number of hydrogen-bond donors (Lipinski definition) is 2. The molecular weight excluding hydrogens is 293 g/mol. The second-order valence-corrected chi connectivity index (χ2v) is 7.05. The van der Waals surface area contributed by atoms with E-state index in [0.717, 1.165) is 12.8 Å². The molecule has 3 rings (SSSR count). The first kappa shape index (κ1) is 16.2. The quantitative estimate of drug-likeness (QED) is 0.891. The SMILES string of the molecule is CC(C)N1C2CCCC1CC(NC(=O)Nc1ccc(F)cc1)C2. The molecule has 126 valence electrons. The molecule has 2 aliphatic heterocycles. The Labute approximate surface area is 137 Å². The van der Waals surface area contributed by atoms with Gasteiger partial charge in [0, 0.05) is 29.9 Å². The van der Waals surface area contributed by atoms with Crippen molar-refractivity contribution in [3.05, 3.63) is 30.1 Å². The third-order valence-corrected chi connectivity index (χ3v) is 5.06. The highest BCUT2D eigenvalue weighted by molar-refractivity contribution is 5.89. The molecule has 2 saturated heterocycles. The average Bonchev–Trinajstić information content (AvgIpc) is 2.48. The van der Waals surface area contributed by atoms with Crippen molar-refractivity contribution in [1.29, 1.82) is 0 Å². The number of nitrogens with one attached hydrogen (secondary N) is 2. The molecule has 2 unspecified atom stereocenters. The maximum atomic E-state index is 12.9. The molecule has 2 fully saturated rings. The van der Waals surface area contributed by atoms with Crippen molar-refractivity contribution in [2.75, 3.05) is 5.32 Å². The number of fused-ring (bicyclic) bond motifs is 2. The minimum atomic E-state index is -0.301. The first-order valence-corrected chi connectivity index (χ1v) is 8.63. The highest BCUT2D eigenvalue weighted by Gasteiger charge is 2.39. The summed E-state index contributed by atoms with van der Waals surface area (Å²) in [5.74, 6) is -0.301. The summed E-state index contributed by atoms with van der Waals surface area (Å²) in [6, 6.07) is 7.60. The van der Waals surface area contributed by atoms with Gasteiger partial charge in [0.05, 0.1) is 0 Å². The largest absolute Gasteiger partial charge is 0.335 e. The van der Waals surface area contributed by atoms with E-state index >= 15 is 0 Å². The molecule has 0 aromatic heterocycles. The number of rotatable bonds is 3. The summed E-state index contributed by atoms with van der Waals surface area (Å²) in [6.07, 6.45) is 5.79. The van der Waals surface area contributed by atoms with Crippen LogP contribution in [-0.2, 0) is 0 Å². The highest BCUT2D eigenvalue weighted by atomic mass is 19.1. The maximum absolute atomic E-state index is 12.9. The second kappa shape index (κ2) is 6.87. The zero-order chi connectivity index (χ0) is 16.4. The van der Waals surface area contributed by atoms with Crippen LogP contribution in [0.2, 0.25) is 0 Å². The molecule has 2 atom stereocenters. The lowest BCUT2D eigenvalue weighted by Gasteiger charge is -2.51. The van der Waals surface area contributed by atoms with Gasteiger partial charge in [-0.3, -0.25) is 4.90 Å². The first-order chi connectivity index (χ1) is 11.0.